The van der Waals surface area contributed by atoms with Gasteiger partial charge >= 0.3 is 12.4 Å². The van der Waals surface area contributed by atoms with Gasteiger partial charge in [0, 0.05) is 21.3 Å². The van der Waals surface area contributed by atoms with Crippen molar-refractivity contribution in [2.75, 3.05) is 11.5 Å². The van der Waals surface area contributed by atoms with Crippen LogP contribution in [-0.2, 0) is 12.4 Å². The van der Waals surface area contributed by atoms with E-state index in [-0.39, 0.29) is 0 Å². The highest BCUT2D eigenvalue weighted by Crippen LogP contribution is 2.34. The first kappa shape index (κ1) is 19.1. The van der Waals surface area contributed by atoms with Crippen LogP contribution in [0, 0.1) is 0 Å². The first-order chi connectivity index (χ1) is 11.2. The van der Waals surface area contributed by atoms with Crippen molar-refractivity contribution in [2.24, 2.45) is 0 Å². The van der Waals surface area contributed by atoms with Crippen LogP contribution in [0.15, 0.2) is 58.3 Å². The standard InChI is InChI=1S/C16H12F6S2/c17-15(18,19)11-3-1-5-13(9-11)23-7-8-24-14-6-2-4-12(10-14)16(20,21)22/h1-6,9-10H,7-8H2. The van der Waals surface area contributed by atoms with Gasteiger partial charge in [-0.15, -0.1) is 23.5 Å². The van der Waals surface area contributed by atoms with Crippen molar-refractivity contribution in [3.63, 3.8) is 0 Å². The molecule has 0 atom stereocenters. The maximum absolute atomic E-state index is 12.6. The fourth-order valence-electron chi connectivity index (χ4n) is 1.84. The van der Waals surface area contributed by atoms with E-state index in [4.69, 9.17) is 0 Å². The Morgan fingerprint density at radius 1 is 0.625 bits per heavy atom. The predicted molar refractivity (Wildman–Crippen MR) is 84.3 cm³/mol. The van der Waals surface area contributed by atoms with Crippen LogP contribution in [0.25, 0.3) is 0 Å². The third-order valence-corrected chi connectivity index (χ3v) is 5.19. The molecule has 0 saturated heterocycles. The van der Waals surface area contributed by atoms with Crippen molar-refractivity contribution in [1.29, 1.82) is 0 Å². The van der Waals surface area contributed by atoms with Gasteiger partial charge in [0.1, 0.15) is 0 Å². The molecule has 0 aliphatic carbocycles. The van der Waals surface area contributed by atoms with Crippen LogP contribution in [0.5, 0.6) is 0 Å². The lowest BCUT2D eigenvalue weighted by Crippen LogP contribution is -2.04. The molecule has 2 rings (SSSR count). The number of hydrogen-bond acceptors (Lipinski definition) is 2. The molecule has 24 heavy (non-hydrogen) atoms. The minimum atomic E-state index is -4.39. The zero-order chi connectivity index (χ0) is 17.8. The number of benzene rings is 2. The van der Waals surface area contributed by atoms with Crippen molar-refractivity contribution in [3.8, 4) is 0 Å². The van der Waals surface area contributed by atoms with Gasteiger partial charge in [-0.3, -0.25) is 0 Å². The Kier molecular flexibility index (Phi) is 6.14. The minimum Gasteiger partial charge on any atom is -0.166 e. The highest BCUT2D eigenvalue weighted by Gasteiger charge is 2.31. The van der Waals surface area contributed by atoms with Gasteiger partial charge in [-0.1, -0.05) is 12.1 Å². The summed E-state index contributed by atoms with van der Waals surface area (Å²) in [6.07, 6.45) is -8.77. The molecule has 0 aliphatic rings. The zero-order valence-corrected chi connectivity index (χ0v) is 13.8. The molecule has 130 valence electrons. The van der Waals surface area contributed by atoms with Gasteiger partial charge in [0.2, 0.25) is 0 Å². The summed E-state index contributed by atoms with van der Waals surface area (Å²) in [6, 6.07) is 9.97. The molecular formula is C16H12F6S2. The average molecular weight is 382 g/mol. The van der Waals surface area contributed by atoms with Crippen LogP contribution in [0.1, 0.15) is 11.1 Å². The topological polar surface area (TPSA) is 0 Å². The third-order valence-electron chi connectivity index (χ3n) is 2.94. The summed E-state index contributed by atoms with van der Waals surface area (Å²) in [7, 11) is 0. The Balaban J connectivity index is 1.88. The lowest BCUT2D eigenvalue weighted by Gasteiger charge is -2.09. The number of alkyl halides is 6. The van der Waals surface area contributed by atoms with Gasteiger partial charge in [-0.25, -0.2) is 0 Å². The quantitative estimate of drug-likeness (QED) is 0.324. The molecule has 0 aromatic heterocycles. The second kappa shape index (κ2) is 7.74. The van der Waals surface area contributed by atoms with Crippen LogP contribution in [0.4, 0.5) is 26.3 Å². The van der Waals surface area contributed by atoms with Crippen LogP contribution in [0.2, 0.25) is 0 Å². The summed E-state index contributed by atoms with van der Waals surface area (Å²) in [6.45, 7) is 0. The van der Waals surface area contributed by atoms with E-state index in [1.165, 1.54) is 35.7 Å². The molecule has 0 N–H and O–H groups in total. The third kappa shape index (κ3) is 5.66. The highest BCUT2D eigenvalue weighted by molar-refractivity contribution is 8.03. The summed E-state index contributed by atoms with van der Waals surface area (Å²) in [5.74, 6) is 0.977. The van der Waals surface area contributed by atoms with E-state index < -0.39 is 23.5 Å². The van der Waals surface area contributed by atoms with Crippen LogP contribution in [0.3, 0.4) is 0 Å². The molecule has 0 fully saturated rings. The molecule has 0 radical (unpaired) electrons. The maximum atomic E-state index is 12.6. The Labute approximate surface area is 143 Å². The van der Waals surface area contributed by atoms with Gasteiger partial charge in [0.25, 0.3) is 0 Å². The molecule has 0 spiro atoms. The van der Waals surface area contributed by atoms with Crippen molar-refractivity contribution in [3.05, 3.63) is 59.7 Å². The summed E-state index contributed by atoms with van der Waals surface area (Å²) in [5.41, 5.74) is -1.42. The molecule has 0 heterocycles. The van der Waals surface area contributed by atoms with Crippen LogP contribution < -0.4 is 0 Å². The van der Waals surface area contributed by atoms with Gasteiger partial charge < -0.3 is 0 Å². The molecule has 0 amide bonds. The van der Waals surface area contributed by atoms with Gasteiger partial charge in [0.15, 0.2) is 0 Å². The van der Waals surface area contributed by atoms with E-state index in [2.05, 4.69) is 0 Å². The fourth-order valence-corrected chi connectivity index (χ4v) is 3.75. The number of rotatable bonds is 5. The van der Waals surface area contributed by atoms with E-state index in [1.807, 2.05) is 0 Å². The van der Waals surface area contributed by atoms with Crippen LogP contribution >= 0.6 is 23.5 Å². The molecular weight excluding hydrogens is 370 g/mol. The fraction of sp³-hybridized carbons (Fsp3) is 0.250. The van der Waals surface area contributed by atoms with Crippen molar-refractivity contribution >= 4 is 23.5 Å². The van der Waals surface area contributed by atoms with Gasteiger partial charge in [-0.05, 0) is 36.4 Å². The minimum absolute atomic E-state index is 0.481. The van der Waals surface area contributed by atoms with E-state index >= 15 is 0 Å². The predicted octanol–water partition coefficient (Wildman–Crippen LogP) is 6.61. The average Bonchev–Trinajstić information content (AvgIpc) is 2.51. The van der Waals surface area contributed by atoms with Crippen molar-refractivity contribution < 1.29 is 26.3 Å². The Morgan fingerprint density at radius 2 is 1.00 bits per heavy atom. The summed E-state index contributed by atoms with van der Waals surface area (Å²) in [4.78, 5) is 0.962. The van der Waals surface area contributed by atoms with Crippen molar-refractivity contribution in [1.82, 2.24) is 0 Å². The molecule has 0 aliphatic heterocycles. The van der Waals surface area contributed by atoms with Crippen LogP contribution in [-0.4, -0.2) is 11.5 Å². The monoisotopic (exact) mass is 382 g/mol. The summed E-state index contributed by atoms with van der Waals surface area (Å²) in [5, 5.41) is 0. The highest BCUT2D eigenvalue weighted by atomic mass is 32.2. The normalized spacial score (nSPS) is 12.4. The zero-order valence-electron chi connectivity index (χ0n) is 12.1. The molecule has 2 aromatic carbocycles. The van der Waals surface area contributed by atoms with Crippen molar-refractivity contribution in [2.45, 2.75) is 22.1 Å². The Morgan fingerprint density at radius 3 is 1.33 bits per heavy atom. The van der Waals surface area contributed by atoms with Gasteiger partial charge in [-0.2, -0.15) is 26.3 Å². The van der Waals surface area contributed by atoms with E-state index in [0.717, 1.165) is 24.3 Å². The maximum Gasteiger partial charge on any atom is 0.416 e. The molecule has 0 unspecified atom stereocenters. The molecule has 0 nitrogen and oxygen atoms in total. The Hall–Kier alpha value is -1.28. The smallest absolute Gasteiger partial charge is 0.166 e. The Bertz CT molecular complexity index is 619. The second-order valence-electron chi connectivity index (χ2n) is 4.75. The lowest BCUT2D eigenvalue weighted by molar-refractivity contribution is -0.138. The molecule has 8 heteroatoms. The van der Waals surface area contributed by atoms with Gasteiger partial charge in [0.05, 0.1) is 11.1 Å². The largest absolute Gasteiger partial charge is 0.416 e. The molecule has 0 saturated carbocycles. The van der Waals surface area contributed by atoms with E-state index in [9.17, 15) is 26.3 Å². The first-order valence-electron chi connectivity index (χ1n) is 6.76. The second-order valence-corrected chi connectivity index (χ2v) is 7.08. The molecule has 0 bridgehead atoms. The number of thioether (sulfide) groups is 2. The SMILES string of the molecule is FC(F)(F)c1cccc(SCCSc2cccc(C(F)(F)F)c2)c1. The number of halogens is 6. The molecule has 2 aromatic rings. The number of hydrogen-bond donors (Lipinski definition) is 0. The lowest BCUT2D eigenvalue weighted by atomic mass is 10.2. The van der Waals surface area contributed by atoms with E-state index in [1.54, 1.807) is 12.1 Å². The summed E-state index contributed by atoms with van der Waals surface area (Å²) >= 11 is 2.47. The summed E-state index contributed by atoms with van der Waals surface area (Å²) < 4.78 is 75.6. The van der Waals surface area contributed by atoms with E-state index in [0.29, 0.717) is 21.3 Å². The first-order valence-corrected chi connectivity index (χ1v) is 8.73.